The minimum absolute atomic E-state index is 0.526. The molecule has 0 aliphatic carbocycles. The number of pyridine rings is 1. The second-order valence-corrected chi connectivity index (χ2v) is 3.22. The second-order valence-electron chi connectivity index (χ2n) is 3.22. The number of ether oxygens (including phenoxy) is 1. The Kier molecular flexibility index (Phi) is 2.83. The minimum Gasteiger partial charge on any atom is -0.489 e. The van der Waals surface area contributed by atoms with Gasteiger partial charge in [0.15, 0.2) is 0 Å². The van der Waals surface area contributed by atoms with E-state index in [1.165, 1.54) is 0 Å². The van der Waals surface area contributed by atoms with Gasteiger partial charge in [-0.3, -0.25) is 4.98 Å². The van der Waals surface area contributed by atoms with Gasteiger partial charge in [0, 0.05) is 23.6 Å². The molecule has 0 aliphatic rings. The topological polar surface area (TPSA) is 48.1 Å². The molecule has 0 unspecified atom stereocenters. The fourth-order valence-electron chi connectivity index (χ4n) is 1.21. The molecule has 0 amide bonds. The second kappa shape index (κ2) is 4.46. The Morgan fingerprint density at radius 3 is 2.60 bits per heavy atom. The zero-order valence-electron chi connectivity index (χ0n) is 8.26. The summed E-state index contributed by atoms with van der Waals surface area (Å²) in [6.45, 7) is 0.526. The van der Waals surface area contributed by atoms with E-state index in [1.54, 1.807) is 12.4 Å². The molecule has 1 aromatic carbocycles. The van der Waals surface area contributed by atoms with Crippen LogP contribution in [0.5, 0.6) is 5.75 Å². The summed E-state index contributed by atoms with van der Waals surface area (Å²) in [5.41, 5.74) is 7.36. The Morgan fingerprint density at radius 1 is 1.13 bits per heavy atom. The highest BCUT2D eigenvalue weighted by molar-refractivity contribution is 5.41. The smallest absolute Gasteiger partial charge is 0.119 e. The molecular weight excluding hydrogens is 188 g/mol. The van der Waals surface area contributed by atoms with E-state index in [0.29, 0.717) is 6.61 Å². The average molecular weight is 200 g/mol. The van der Waals surface area contributed by atoms with Crippen molar-refractivity contribution in [3.05, 3.63) is 54.4 Å². The first kappa shape index (κ1) is 9.52. The number of hydrogen-bond donors (Lipinski definition) is 1. The Bertz CT molecular complexity index is 411. The van der Waals surface area contributed by atoms with Crippen molar-refractivity contribution in [2.45, 2.75) is 6.61 Å². The minimum atomic E-state index is 0.526. The number of nitrogen functional groups attached to an aromatic ring is 1. The van der Waals surface area contributed by atoms with Crippen LogP contribution in [0.2, 0.25) is 0 Å². The first-order valence-electron chi connectivity index (χ1n) is 4.72. The van der Waals surface area contributed by atoms with E-state index in [4.69, 9.17) is 10.5 Å². The van der Waals surface area contributed by atoms with E-state index in [1.807, 2.05) is 36.4 Å². The largest absolute Gasteiger partial charge is 0.489 e. The van der Waals surface area contributed by atoms with Crippen LogP contribution in [0, 0.1) is 0 Å². The van der Waals surface area contributed by atoms with Gasteiger partial charge in [0.1, 0.15) is 12.4 Å². The van der Waals surface area contributed by atoms with Gasteiger partial charge in [0.05, 0.1) is 0 Å². The fraction of sp³-hybridized carbons (Fsp3) is 0.0833. The third-order valence-electron chi connectivity index (χ3n) is 2.01. The fourth-order valence-corrected chi connectivity index (χ4v) is 1.21. The van der Waals surface area contributed by atoms with Gasteiger partial charge < -0.3 is 10.5 Å². The molecule has 0 saturated heterocycles. The summed E-state index contributed by atoms with van der Waals surface area (Å²) >= 11 is 0. The average Bonchev–Trinajstić information content (AvgIpc) is 2.30. The number of anilines is 1. The van der Waals surface area contributed by atoms with Gasteiger partial charge in [0.2, 0.25) is 0 Å². The maximum absolute atomic E-state index is 5.57. The van der Waals surface area contributed by atoms with Crippen LogP contribution in [0.1, 0.15) is 5.56 Å². The highest BCUT2D eigenvalue weighted by atomic mass is 16.5. The van der Waals surface area contributed by atoms with Crippen molar-refractivity contribution in [3.63, 3.8) is 0 Å². The van der Waals surface area contributed by atoms with Gasteiger partial charge >= 0.3 is 0 Å². The van der Waals surface area contributed by atoms with E-state index in [0.717, 1.165) is 17.0 Å². The molecule has 3 heteroatoms. The Morgan fingerprint density at radius 2 is 1.93 bits per heavy atom. The molecule has 0 saturated carbocycles. The third-order valence-corrected chi connectivity index (χ3v) is 2.01. The molecule has 15 heavy (non-hydrogen) atoms. The van der Waals surface area contributed by atoms with Crippen molar-refractivity contribution in [1.82, 2.24) is 4.98 Å². The van der Waals surface area contributed by atoms with Crippen LogP contribution >= 0.6 is 0 Å². The number of hydrogen-bond acceptors (Lipinski definition) is 3. The van der Waals surface area contributed by atoms with Crippen molar-refractivity contribution in [3.8, 4) is 5.75 Å². The standard InChI is InChI=1S/C12H12N2O/c13-11-3-5-12(6-4-11)15-9-10-2-1-7-14-8-10/h1-8H,9,13H2. The van der Waals surface area contributed by atoms with Gasteiger partial charge in [-0.05, 0) is 30.3 Å². The molecule has 1 aromatic heterocycles. The first-order chi connectivity index (χ1) is 7.34. The van der Waals surface area contributed by atoms with Crippen LogP contribution in [0.4, 0.5) is 5.69 Å². The zero-order chi connectivity index (χ0) is 10.5. The van der Waals surface area contributed by atoms with Crippen LogP contribution < -0.4 is 10.5 Å². The maximum Gasteiger partial charge on any atom is 0.119 e. The van der Waals surface area contributed by atoms with Crippen LogP contribution in [0.25, 0.3) is 0 Å². The Hall–Kier alpha value is -2.03. The molecule has 76 valence electrons. The predicted molar refractivity (Wildman–Crippen MR) is 59.4 cm³/mol. The molecule has 0 atom stereocenters. The molecular formula is C12H12N2O. The summed E-state index contributed by atoms with van der Waals surface area (Å²) in [7, 11) is 0. The predicted octanol–water partition coefficient (Wildman–Crippen LogP) is 2.24. The summed E-state index contributed by atoms with van der Waals surface area (Å²) in [4.78, 5) is 4.01. The van der Waals surface area contributed by atoms with E-state index < -0.39 is 0 Å². The highest BCUT2D eigenvalue weighted by Crippen LogP contribution is 2.14. The van der Waals surface area contributed by atoms with E-state index in [9.17, 15) is 0 Å². The molecule has 2 aromatic rings. The molecule has 3 nitrogen and oxygen atoms in total. The van der Waals surface area contributed by atoms with Gasteiger partial charge in [-0.1, -0.05) is 6.07 Å². The van der Waals surface area contributed by atoms with Gasteiger partial charge in [-0.2, -0.15) is 0 Å². The Balaban J connectivity index is 1.96. The molecule has 0 spiro atoms. The highest BCUT2D eigenvalue weighted by Gasteiger charge is 1.95. The van der Waals surface area contributed by atoms with Crippen LogP contribution in [-0.2, 0) is 6.61 Å². The van der Waals surface area contributed by atoms with E-state index >= 15 is 0 Å². The Labute approximate surface area is 88.5 Å². The first-order valence-corrected chi connectivity index (χ1v) is 4.72. The van der Waals surface area contributed by atoms with E-state index in [2.05, 4.69) is 4.98 Å². The zero-order valence-corrected chi connectivity index (χ0v) is 8.26. The monoisotopic (exact) mass is 200 g/mol. The number of nitrogens with zero attached hydrogens (tertiary/aromatic N) is 1. The van der Waals surface area contributed by atoms with Crippen molar-refractivity contribution >= 4 is 5.69 Å². The molecule has 0 bridgehead atoms. The summed E-state index contributed by atoms with van der Waals surface area (Å²) in [5, 5.41) is 0. The van der Waals surface area contributed by atoms with Crippen LogP contribution in [0.3, 0.4) is 0 Å². The lowest BCUT2D eigenvalue weighted by Gasteiger charge is -2.05. The van der Waals surface area contributed by atoms with Crippen molar-refractivity contribution < 1.29 is 4.74 Å². The molecule has 0 radical (unpaired) electrons. The quantitative estimate of drug-likeness (QED) is 0.773. The normalized spacial score (nSPS) is 9.87. The lowest BCUT2D eigenvalue weighted by atomic mass is 10.3. The van der Waals surface area contributed by atoms with Gasteiger partial charge in [0.25, 0.3) is 0 Å². The summed E-state index contributed by atoms with van der Waals surface area (Å²) in [6, 6.07) is 11.2. The number of benzene rings is 1. The van der Waals surface area contributed by atoms with Crippen LogP contribution in [0.15, 0.2) is 48.8 Å². The van der Waals surface area contributed by atoms with Crippen LogP contribution in [-0.4, -0.2) is 4.98 Å². The third kappa shape index (κ3) is 2.71. The number of nitrogens with two attached hydrogens (primary N) is 1. The summed E-state index contributed by atoms with van der Waals surface area (Å²) in [5.74, 6) is 0.813. The molecule has 0 fully saturated rings. The summed E-state index contributed by atoms with van der Waals surface area (Å²) < 4.78 is 5.55. The molecule has 1 heterocycles. The molecule has 0 aliphatic heterocycles. The van der Waals surface area contributed by atoms with E-state index in [-0.39, 0.29) is 0 Å². The van der Waals surface area contributed by atoms with Crippen molar-refractivity contribution in [1.29, 1.82) is 0 Å². The molecule has 2 N–H and O–H groups in total. The van der Waals surface area contributed by atoms with Crippen molar-refractivity contribution in [2.75, 3.05) is 5.73 Å². The van der Waals surface area contributed by atoms with Gasteiger partial charge in [-0.25, -0.2) is 0 Å². The number of rotatable bonds is 3. The lowest BCUT2D eigenvalue weighted by Crippen LogP contribution is -1.95. The summed E-state index contributed by atoms with van der Waals surface area (Å²) in [6.07, 6.45) is 3.53. The lowest BCUT2D eigenvalue weighted by molar-refractivity contribution is 0.306. The van der Waals surface area contributed by atoms with Crippen molar-refractivity contribution in [2.24, 2.45) is 0 Å². The SMILES string of the molecule is Nc1ccc(OCc2cccnc2)cc1. The molecule has 2 rings (SSSR count). The van der Waals surface area contributed by atoms with Gasteiger partial charge in [-0.15, -0.1) is 0 Å². The maximum atomic E-state index is 5.57. The number of aromatic nitrogens is 1.